The maximum atomic E-state index is 13.3. The van der Waals surface area contributed by atoms with Gasteiger partial charge >= 0.3 is 0 Å². The zero-order valence-corrected chi connectivity index (χ0v) is 15.7. The molecule has 0 saturated carbocycles. The van der Waals surface area contributed by atoms with Crippen LogP contribution in [0.1, 0.15) is 17.3 Å². The minimum atomic E-state index is -1.04. The first-order chi connectivity index (χ1) is 13.0. The molecule has 0 N–H and O–H groups in total. The van der Waals surface area contributed by atoms with Gasteiger partial charge < -0.3 is 9.80 Å². The first kappa shape index (κ1) is 19.4. The number of rotatable bonds is 4. The van der Waals surface area contributed by atoms with E-state index in [0.29, 0.717) is 26.2 Å². The molecule has 7 heteroatoms. The fourth-order valence-corrected chi connectivity index (χ4v) is 3.92. The standard InChI is InChI=1S/C20H20F2N2O2S/c1-14(27-16-5-3-2-4-6-16)19(25)23-9-11-24(12-10-23)20(26)15-7-8-17(21)18(22)13-15/h2-8,13-14H,9-12H2,1H3. The largest absolute Gasteiger partial charge is 0.338 e. The normalized spacial score (nSPS) is 15.5. The van der Waals surface area contributed by atoms with Crippen molar-refractivity contribution in [2.45, 2.75) is 17.1 Å². The van der Waals surface area contributed by atoms with Crippen molar-refractivity contribution < 1.29 is 18.4 Å². The number of thioether (sulfide) groups is 1. The number of hydrogen-bond donors (Lipinski definition) is 0. The van der Waals surface area contributed by atoms with Gasteiger partial charge in [-0.25, -0.2) is 8.78 Å². The van der Waals surface area contributed by atoms with Crippen molar-refractivity contribution in [3.63, 3.8) is 0 Å². The molecule has 4 nitrogen and oxygen atoms in total. The molecule has 0 spiro atoms. The Kier molecular flexibility index (Phi) is 6.11. The Morgan fingerprint density at radius 2 is 1.56 bits per heavy atom. The summed E-state index contributed by atoms with van der Waals surface area (Å²) in [6.07, 6.45) is 0. The number of piperazine rings is 1. The van der Waals surface area contributed by atoms with Gasteiger partial charge in [-0.3, -0.25) is 9.59 Å². The first-order valence-corrected chi connectivity index (χ1v) is 9.58. The third-order valence-corrected chi connectivity index (χ3v) is 5.55. The maximum Gasteiger partial charge on any atom is 0.254 e. The maximum absolute atomic E-state index is 13.3. The summed E-state index contributed by atoms with van der Waals surface area (Å²) >= 11 is 1.50. The van der Waals surface area contributed by atoms with Gasteiger partial charge in [0.25, 0.3) is 5.91 Å². The number of benzene rings is 2. The Balaban J connectivity index is 1.55. The molecule has 0 radical (unpaired) electrons. The number of nitrogens with zero attached hydrogens (tertiary/aromatic N) is 2. The van der Waals surface area contributed by atoms with Gasteiger partial charge in [0.05, 0.1) is 5.25 Å². The Bertz CT molecular complexity index is 824. The second-order valence-electron chi connectivity index (χ2n) is 6.32. The van der Waals surface area contributed by atoms with Crippen LogP contribution >= 0.6 is 11.8 Å². The zero-order chi connectivity index (χ0) is 19.4. The van der Waals surface area contributed by atoms with Gasteiger partial charge in [-0.05, 0) is 37.3 Å². The van der Waals surface area contributed by atoms with Gasteiger partial charge in [0.15, 0.2) is 11.6 Å². The van der Waals surface area contributed by atoms with Crippen LogP contribution < -0.4 is 0 Å². The summed E-state index contributed by atoms with van der Waals surface area (Å²) in [5.41, 5.74) is 0.113. The lowest BCUT2D eigenvalue weighted by atomic mass is 10.1. The molecule has 1 fully saturated rings. The van der Waals surface area contributed by atoms with Crippen molar-refractivity contribution in [1.82, 2.24) is 9.80 Å². The molecule has 1 atom stereocenters. The number of carbonyl (C=O) groups is 2. The van der Waals surface area contributed by atoms with Crippen LogP contribution in [0.25, 0.3) is 0 Å². The van der Waals surface area contributed by atoms with Crippen molar-refractivity contribution in [2.75, 3.05) is 26.2 Å². The number of carbonyl (C=O) groups excluding carboxylic acids is 2. The van der Waals surface area contributed by atoms with Gasteiger partial charge in [0, 0.05) is 36.6 Å². The van der Waals surface area contributed by atoms with Crippen LogP contribution in [-0.2, 0) is 4.79 Å². The van der Waals surface area contributed by atoms with Gasteiger partial charge in [-0.1, -0.05) is 18.2 Å². The van der Waals surface area contributed by atoms with E-state index in [-0.39, 0.29) is 22.6 Å². The molecule has 0 aliphatic carbocycles. The summed E-state index contributed by atoms with van der Waals surface area (Å²) in [5.74, 6) is -2.34. The van der Waals surface area contributed by atoms with Gasteiger partial charge in [0.2, 0.25) is 5.91 Å². The average molecular weight is 390 g/mol. The first-order valence-electron chi connectivity index (χ1n) is 8.70. The third kappa shape index (κ3) is 4.66. The van der Waals surface area contributed by atoms with E-state index >= 15 is 0 Å². The number of halogens is 2. The Morgan fingerprint density at radius 1 is 0.926 bits per heavy atom. The Labute approximate surface area is 161 Å². The van der Waals surface area contributed by atoms with Crippen molar-refractivity contribution in [3.05, 3.63) is 65.7 Å². The number of amides is 2. The molecule has 142 valence electrons. The highest BCUT2D eigenvalue weighted by atomic mass is 32.2. The van der Waals surface area contributed by atoms with E-state index in [1.54, 1.807) is 9.80 Å². The Hall–Kier alpha value is -2.41. The molecule has 1 aliphatic rings. The predicted molar refractivity (Wildman–Crippen MR) is 101 cm³/mol. The van der Waals surface area contributed by atoms with Crippen LogP contribution in [0.3, 0.4) is 0 Å². The van der Waals surface area contributed by atoms with E-state index in [1.165, 1.54) is 17.8 Å². The van der Waals surface area contributed by atoms with Crippen molar-refractivity contribution in [2.24, 2.45) is 0 Å². The molecule has 2 aromatic rings. The predicted octanol–water partition coefficient (Wildman–Crippen LogP) is 3.43. The van der Waals surface area contributed by atoms with Gasteiger partial charge in [-0.15, -0.1) is 11.8 Å². The highest BCUT2D eigenvalue weighted by molar-refractivity contribution is 8.00. The van der Waals surface area contributed by atoms with Gasteiger partial charge in [0.1, 0.15) is 0 Å². The highest BCUT2D eigenvalue weighted by Crippen LogP contribution is 2.24. The van der Waals surface area contributed by atoms with Crippen LogP contribution in [0.5, 0.6) is 0 Å². The van der Waals surface area contributed by atoms with E-state index < -0.39 is 11.6 Å². The summed E-state index contributed by atoms with van der Waals surface area (Å²) in [6, 6.07) is 12.9. The molecule has 27 heavy (non-hydrogen) atoms. The second kappa shape index (κ2) is 8.52. The molecule has 1 heterocycles. The summed E-state index contributed by atoms with van der Waals surface area (Å²) in [5, 5.41) is -0.221. The van der Waals surface area contributed by atoms with Crippen molar-refractivity contribution >= 4 is 23.6 Å². The smallest absolute Gasteiger partial charge is 0.254 e. The minimum Gasteiger partial charge on any atom is -0.338 e. The average Bonchev–Trinajstić information content (AvgIpc) is 2.70. The Morgan fingerprint density at radius 3 is 2.19 bits per heavy atom. The van der Waals surface area contributed by atoms with E-state index in [0.717, 1.165) is 17.0 Å². The molecule has 1 unspecified atom stereocenters. The zero-order valence-electron chi connectivity index (χ0n) is 14.9. The molecule has 1 aliphatic heterocycles. The molecule has 0 bridgehead atoms. The van der Waals surface area contributed by atoms with Gasteiger partial charge in [-0.2, -0.15) is 0 Å². The van der Waals surface area contributed by atoms with E-state index in [2.05, 4.69) is 0 Å². The molecule has 2 aromatic carbocycles. The van der Waals surface area contributed by atoms with E-state index in [9.17, 15) is 18.4 Å². The monoisotopic (exact) mass is 390 g/mol. The minimum absolute atomic E-state index is 0.0313. The highest BCUT2D eigenvalue weighted by Gasteiger charge is 2.28. The topological polar surface area (TPSA) is 40.6 Å². The summed E-state index contributed by atoms with van der Waals surface area (Å²) in [7, 11) is 0. The van der Waals surface area contributed by atoms with Crippen LogP contribution in [0.2, 0.25) is 0 Å². The molecule has 0 aromatic heterocycles. The lowest BCUT2D eigenvalue weighted by molar-refractivity contribution is -0.131. The van der Waals surface area contributed by atoms with Crippen LogP contribution in [-0.4, -0.2) is 53.0 Å². The molecule has 3 rings (SSSR count). The SMILES string of the molecule is CC(Sc1ccccc1)C(=O)N1CCN(C(=O)c2ccc(F)c(F)c2)CC1. The molecular weight excluding hydrogens is 370 g/mol. The lowest BCUT2D eigenvalue weighted by Crippen LogP contribution is -2.52. The summed E-state index contributed by atoms with van der Waals surface area (Å²) < 4.78 is 26.4. The second-order valence-corrected chi connectivity index (χ2v) is 7.73. The fraction of sp³-hybridized carbons (Fsp3) is 0.300. The lowest BCUT2D eigenvalue weighted by Gasteiger charge is -2.36. The van der Waals surface area contributed by atoms with Crippen LogP contribution in [0.15, 0.2) is 53.4 Å². The number of hydrogen-bond acceptors (Lipinski definition) is 3. The molecular formula is C20H20F2N2O2S. The summed E-state index contributed by atoms with van der Waals surface area (Å²) in [6.45, 7) is 3.46. The third-order valence-electron chi connectivity index (χ3n) is 4.45. The van der Waals surface area contributed by atoms with Crippen LogP contribution in [0, 0.1) is 11.6 Å². The van der Waals surface area contributed by atoms with Crippen LogP contribution in [0.4, 0.5) is 8.78 Å². The molecule has 1 saturated heterocycles. The molecule has 2 amide bonds. The van der Waals surface area contributed by atoms with Crippen molar-refractivity contribution in [3.8, 4) is 0 Å². The quantitative estimate of drug-likeness (QED) is 0.751. The summed E-state index contributed by atoms with van der Waals surface area (Å²) in [4.78, 5) is 29.4. The van der Waals surface area contributed by atoms with E-state index in [1.807, 2.05) is 37.3 Å². The van der Waals surface area contributed by atoms with Crippen molar-refractivity contribution in [1.29, 1.82) is 0 Å². The van der Waals surface area contributed by atoms with E-state index in [4.69, 9.17) is 0 Å². The fourth-order valence-electron chi connectivity index (χ4n) is 2.95.